The molecule has 0 saturated carbocycles. The van der Waals surface area contributed by atoms with Gasteiger partial charge in [0.05, 0.1) is 4.92 Å². The molecule has 1 aromatic carbocycles. The number of likely N-dealkylation sites (tertiary alicyclic amines) is 1. The Morgan fingerprint density at radius 1 is 1.50 bits per heavy atom. The average molecular weight is 249 g/mol. The first-order chi connectivity index (χ1) is 8.42. The van der Waals surface area contributed by atoms with Gasteiger partial charge in [0.25, 0.3) is 5.69 Å². The Balaban J connectivity index is 2.25. The smallest absolute Gasteiger partial charge is 0.292 e. The van der Waals surface area contributed by atoms with Crippen LogP contribution in [-0.2, 0) is 6.54 Å². The van der Waals surface area contributed by atoms with E-state index in [1.165, 1.54) is 12.5 Å². The first-order valence-electron chi connectivity index (χ1n) is 6.18. The maximum Gasteiger partial charge on any atom is 0.292 e. The number of nitrogens with zero attached hydrogens (tertiary/aromatic N) is 2. The van der Waals surface area contributed by atoms with Gasteiger partial charge in [-0.05, 0) is 38.8 Å². The molecular weight excluding hydrogens is 230 g/mol. The first kappa shape index (κ1) is 12.8. The SMILES string of the molecule is CC1(C)CCCN1Cc1cccc([N+](=O)[O-])c1N. The van der Waals surface area contributed by atoms with E-state index in [4.69, 9.17) is 5.73 Å². The van der Waals surface area contributed by atoms with E-state index in [9.17, 15) is 10.1 Å². The molecule has 0 aliphatic carbocycles. The van der Waals surface area contributed by atoms with Crippen molar-refractivity contribution in [3.63, 3.8) is 0 Å². The Kier molecular flexibility index (Phi) is 3.26. The fraction of sp³-hybridized carbons (Fsp3) is 0.538. The normalized spacial score (nSPS) is 19.0. The van der Waals surface area contributed by atoms with E-state index < -0.39 is 4.92 Å². The van der Waals surface area contributed by atoms with Crippen molar-refractivity contribution in [3.8, 4) is 0 Å². The molecule has 1 heterocycles. The Morgan fingerprint density at radius 2 is 2.22 bits per heavy atom. The maximum absolute atomic E-state index is 10.9. The number of anilines is 1. The van der Waals surface area contributed by atoms with Gasteiger partial charge in [0.15, 0.2) is 0 Å². The lowest BCUT2D eigenvalue weighted by molar-refractivity contribution is -0.384. The number of nitrogens with two attached hydrogens (primary N) is 1. The molecule has 98 valence electrons. The molecule has 5 nitrogen and oxygen atoms in total. The number of nitro groups is 1. The van der Waals surface area contributed by atoms with Crippen molar-refractivity contribution in [1.29, 1.82) is 0 Å². The summed E-state index contributed by atoms with van der Waals surface area (Å²) < 4.78 is 0. The molecule has 1 aromatic rings. The number of rotatable bonds is 3. The maximum atomic E-state index is 10.9. The van der Waals surface area contributed by atoms with Crippen molar-refractivity contribution in [2.45, 2.75) is 38.8 Å². The molecule has 0 aromatic heterocycles. The molecular formula is C13H19N3O2. The molecule has 5 heteroatoms. The van der Waals surface area contributed by atoms with Crippen molar-refractivity contribution < 1.29 is 4.92 Å². The lowest BCUT2D eigenvalue weighted by Gasteiger charge is -2.31. The summed E-state index contributed by atoms with van der Waals surface area (Å²) in [5, 5.41) is 10.9. The highest BCUT2D eigenvalue weighted by molar-refractivity contribution is 5.62. The van der Waals surface area contributed by atoms with E-state index in [-0.39, 0.29) is 11.2 Å². The molecule has 0 radical (unpaired) electrons. The number of para-hydroxylation sites is 1. The van der Waals surface area contributed by atoms with Crippen molar-refractivity contribution in [1.82, 2.24) is 4.90 Å². The van der Waals surface area contributed by atoms with Crippen LogP contribution in [0.3, 0.4) is 0 Å². The number of hydrogen-bond donors (Lipinski definition) is 1. The predicted molar refractivity (Wildman–Crippen MR) is 71.2 cm³/mol. The minimum Gasteiger partial charge on any atom is -0.393 e. The number of nitrogen functional groups attached to an aromatic ring is 1. The van der Waals surface area contributed by atoms with Crippen LogP contribution in [0.25, 0.3) is 0 Å². The number of nitro benzene ring substituents is 1. The van der Waals surface area contributed by atoms with E-state index in [0.717, 1.165) is 18.5 Å². The van der Waals surface area contributed by atoms with Crippen LogP contribution in [0.5, 0.6) is 0 Å². The molecule has 1 fully saturated rings. The van der Waals surface area contributed by atoms with E-state index in [1.807, 2.05) is 6.07 Å². The summed E-state index contributed by atoms with van der Waals surface area (Å²) in [6, 6.07) is 5.03. The fourth-order valence-corrected chi connectivity index (χ4v) is 2.56. The van der Waals surface area contributed by atoms with Crippen LogP contribution in [0.1, 0.15) is 32.3 Å². The van der Waals surface area contributed by atoms with E-state index in [2.05, 4.69) is 18.7 Å². The second-order valence-corrected chi connectivity index (χ2v) is 5.44. The highest BCUT2D eigenvalue weighted by Crippen LogP contribution is 2.32. The van der Waals surface area contributed by atoms with Crippen LogP contribution in [-0.4, -0.2) is 21.9 Å². The van der Waals surface area contributed by atoms with E-state index in [1.54, 1.807) is 6.07 Å². The minimum absolute atomic E-state index is 0.00417. The minimum atomic E-state index is -0.423. The highest BCUT2D eigenvalue weighted by atomic mass is 16.6. The summed E-state index contributed by atoms with van der Waals surface area (Å²) in [4.78, 5) is 12.8. The summed E-state index contributed by atoms with van der Waals surface area (Å²) in [5.41, 5.74) is 7.18. The van der Waals surface area contributed by atoms with Crippen molar-refractivity contribution in [3.05, 3.63) is 33.9 Å². The van der Waals surface area contributed by atoms with Crippen LogP contribution in [0.15, 0.2) is 18.2 Å². The number of hydrogen-bond acceptors (Lipinski definition) is 4. The molecule has 1 aliphatic rings. The summed E-state index contributed by atoms with van der Waals surface area (Å²) in [5.74, 6) is 0. The lowest BCUT2D eigenvalue weighted by atomic mass is 10.0. The monoisotopic (exact) mass is 249 g/mol. The van der Waals surface area contributed by atoms with Gasteiger partial charge >= 0.3 is 0 Å². The lowest BCUT2D eigenvalue weighted by Crippen LogP contribution is -2.37. The van der Waals surface area contributed by atoms with Gasteiger partial charge in [0.2, 0.25) is 0 Å². The van der Waals surface area contributed by atoms with E-state index in [0.29, 0.717) is 12.2 Å². The van der Waals surface area contributed by atoms with Gasteiger partial charge in [-0.3, -0.25) is 15.0 Å². The van der Waals surface area contributed by atoms with Gasteiger partial charge in [-0.15, -0.1) is 0 Å². The van der Waals surface area contributed by atoms with Gasteiger partial charge in [0.1, 0.15) is 5.69 Å². The Hall–Kier alpha value is -1.62. The van der Waals surface area contributed by atoms with Crippen molar-refractivity contribution in [2.75, 3.05) is 12.3 Å². The molecule has 1 aliphatic heterocycles. The van der Waals surface area contributed by atoms with Crippen LogP contribution in [0.4, 0.5) is 11.4 Å². The molecule has 0 spiro atoms. The summed E-state index contributed by atoms with van der Waals surface area (Å²) in [6.45, 7) is 6.11. The van der Waals surface area contributed by atoms with Crippen molar-refractivity contribution in [2.24, 2.45) is 0 Å². The average Bonchev–Trinajstić information content (AvgIpc) is 2.61. The molecule has 18 heavy (non-hydrogen) atoms. The summed E-state index contributed by atoms with van der Waals surface area (Å²) >= 11 is 0. The fourth-order valence-electron chi connectivity index (χ4n) is 2.56. The number of benzene rings is 1. The van der Waals surface area contributed by atoms with E-state index >= 15 is 0 Å². The molecule has 0 atom stereocenters. The Labute approximate surface area is 107 Å². The van der Waals surface area contributed by atoms with Gasteiger partial charge in [0, 0.05) is 18.2 Å². The summed E-state index contributed by atoms with van der Waals surface area (Å²) in [7, 11) is 0. The Bertz CT molecular complexity index is 471. The molecule has 0 unspecified atom stereocenters. The molecule has 2 N–H and O–H groups in total. The van der Waals surface area contributed by atoms with Crippen LogP contribution in [0, 0.1) is 10.1 Å². The zero-order valence-electron chi connectivity index (χ0n) is 10.8. The third-order valence-corrected chi connectivity index (χ3v) is 3.80. The predicted octanol–water partition coefficient (Wildman–Crippen LogP) is 2.55. The van der Waals surface area contributed by atoms with Crippen molar-refractivity contribution >= 4 is 11.4 Å². The zero-order chi connectivity index (χ0) is 13.3. The highest BCUT2D eigenvalue weighted by Gasteiger charge is 2.32. The van der Waals surface area contributed by atoms with Gasteiger partial charge < -0.3 is 5.73 Å². The molecule has 2 rings (SSSR count). The molecule has 1 saturated heterocycles. The van der Waals surface area contributed by atoms with Gasteiger partial charge in [-0.25, -0.2) is 0 Å². The molecule has 0 bridgehead atoms. The molecule has 0 amide bonds. The topological polar surface area (TPSA) is 72.4 Å². The third-order valence-electron chi connectivity index (χ3n) is 3.80. The quantitative estimate of drug-likeness (QED) is 0.507. The van der Waals surface area contributed by atoms with Crippen LogP contribution >= 0.6 is 0 Å². The van der Waals surface area contributed by atoms with Crippen LogP contribution < -0.4 is 5.73 Å². The second kappa shape index (κ2) is 4.57. The summed E-state index contributed by atoms with van der Waals surface area (Å²) in [6.07, 6.45) is 2.32. The third kappa shape index (κ3) is 2.31. The standard InChI is InChI=1S/C13H19N3O2/c1-13(2)7-4-8-15(13)9-10-5-3-6-11(12(10)14)16(17)18/h3,5-6H,4,7-9,14H2,1-2H3. The largest absolute Gasteiger partial charge is 0.393 e. The van der Waals surface area contributed by atoms with Gasteiger partial charge in [-0.1, -0.05) is 12.1 Å². The zero-order valence-corrected chi connectivity index (χ0v) is 10.8. The second-order valence-electron chi connectivity index (χ2n) is 5.44. The van der Waals surface area contributed by atoms with Crippen LogP contribution in [0.2, 0.25) is 0 Å². The first-order valence-corrected chi connectivity index (χ1v) is 6.18. The van der Waals surface area contributed by atoms with Gasteiger partial charge in [-0.2, -0.15) is 0 Å². The Morgan fingerprint density at radius 3 is 2.78 bits per heavy atom.